The Labute approximate surface area is 108 Å². The van der Waals surface area contributed by atoms with Gasteiger partial charge in [-0.15, -0.1) is 0 Å². The lowest BCUT2D eigenvalue weighted by molar-refractivity contribution is -0.113. The molecule has 96 valence electrons. The summed E-state index contributed by atoms with van der Waals surface area (Å²) < 4.78 is 5.59. The largest absolute Gasteiger partial charge is 0.488 e. The van der Waals surface area contributed by atoms with Crippen LogP contribution in [-0.2, 0) is 4.79 Å². The fourth-order valence-electron chi connectivity index (χ4n) is 2.15. The summed E-state index contributed by atoms with van der Waals surface area (Å²) in [5.41, 5.74) is 2.90. The normalized spacial score (nSPS) is 13.4. The fourth-order valence-corrected chi connectivity index (χ4v) is 2.15. The highest BCUT2D eigenvalue weighted by Gasteiger charge is 2.15. The molecule has 0 aromatic heterocycles. The number of ketones is 1. The molecule has 0 spiro atoms. The van der Waals surface area contributed by atoms with Crippen molar-refractivity contribution in [2.24, 2.45) is 0 Å². The van der Waals surface area contributed by atoms with Gasteiger partial charge in [0.25, 0.3) is 0 Å². The predicted molar refractivity (Wildman–Crippen MR) is 74.2 cm³/mol. The lowest BCUT2D eigenvalue weighted by Crippen LogP contribution is -2.22. The molecule has 1 aromatic rings. The molecule has 3 nitrogen and oxygen atoms in total. The zero-order chi connectivity index (χ0) is 13.1. The first-order valence-corrected chi connectivity index (χ1v) is 6.39. The Morgan fingerprint density at radius 2 is 2.06 bits per heavy atom. The highest BCUT2D eigenvalue weighted by atomic mass is 16.5. The minimum absolute atomic E-state index is 0.0777. The first kappa shape index (κ1) is 12.7. The molecule has 0 amide bonds. The maximum atomic E-state index is 11.4. The molecule has 0 bridgehead atoms. The number of hydrogen-bond acceptors (Lipinski definition) is 3. The van der Waals surface area contributed by atoms with Gasteiger partial charge in [0.15, 0.2) is 5.78 Å². The van der Waals surface area contributed by atoms with Crippen molar-refractivity contribution in [2.45, 2.75) is 20.8 Å². The van der Waals surface area contributed by atoms with Crippen LogP contribution in [0.1, 0.15) is 26.3 Å². The number of Topliss-reactive ketones (excluding diaryl/α,β-unsaturated/α-hetero) is 1. The van der Waals surface area contributed by atoms with E-state index in [9.17, 15) is 4.79 Å². The molecule has 1 aliphatic heterocycles. The van der Waals surface area contributed by atoms with Crippen LogP contribution in [0, 0.1) is 0 Å². The van der Waals surface area contributed by atoms with Crippen LogP contribution in [0.5, 0.6) is 5.75 Å². The average molecular weight is 245 g/mol. The molecule has 0 unspecified atom stereocenters. The zero-order valence-electron chi connectivity index (χ0n) is 11.2. The van der Waals surface area contributed by atoms with Gasteiger partial charge in [-0.2, -0.15) is 0 Å². The third-order valence-electron chi connectivity index (χ3n) is 3.29. The summed E-state index contributed by atoms with van der Waals surface area (Å²) in [7, 11) is 0. The lowest BCUT2D eigenvalue weighted by atomic mass is 10.0. The molecule has 0 aliphatic carbocycles. The van der Waals surface area contributed by atoms with Crippen LogP contribution >= 0.6 is 0 Å². The van der Waals surface area contributed by atoms with Crippen molar-refractivity contribution in [3.05, 3.63) is 29.3 Å². The van der Waals surface area contributed by atoms with E-state index < -0.39 is 0 Å². The first-order chi connectivity index (χ1) is 8.65. The number of ether oxygens (including phenoxy) is 1. The number of benzene rings is 1. The van der Waals surface area contributed by atoms with Crippen LogP contribution in [0.3, 0.4) is 0 Å². The van der Waals surface area contributed by atoms with Crippen molar-refractivity contribution in [1.29, 1.82) is 0 Å². The van der Waals surface area contributed by atoms with E-state index in [0.717, 1.165) is 30.0 Å². The van der Waals surface area contributed by atoms with Crippen LogP contribution < -0.4 is 9.64 Å². The summed E-state index contributed by atoms with van der Waals surface area (Å²) in [5, 5.41) is 0. The third kappa shape index (κ3) is 2.40. The van der Waals surface area contributed by atoms with E-state index in [1.165, 1.54) is 5.69 Å². The van der Waals surface area contributed by atoms with Crippen molar-refractivity contribution in [3.8, 4) is 5.75 Å². The van der Waals surface area contributed by atoms with Crippen LogP contribution in [0.4, 0.5) is 5.69 Å². The standard InChI is InChI=1S/C15H19NO2/c1-4-16(5-2)14-6-7-15-12(9-14)8-13(10-18-15)11(3)17/h6-9H,4-5,10H2,1-3H3. The number of rotatable bonds is 4. The summed E-state index contributed by atoms with van der Waals surface area (Å²) in [6, 6.07) is 6.14. The van der Waals surface area contributed by atoms with Crippen LogP contribution in [0.15, 0.2) is 23.8 Å². The number of hydrogen-bond donors (Lipinski definition) is 0. The second-order valence-electron chi connectivity index (χ2n) is 4.41. The van der Waals surface area contributed by atoms with E-state index in [1.807, 2.05) is 12.1 Å². The van der Waals surface area contributed by atoms with Gasteiger partial charge in [0.05, 0.1) is 0 Å². The van der Waals surface area contributed by atoms with Crippen molar-refractivity contribution < 1.29 is 9.53 Å². The minimum atomic E-state index is 0.0777. The van der Waals surface area contributed by atoms with Gasteiger partial charge in [-0.25, -0.2) is 0 Å². The van der Waals surface area contributed by atoms with Crippen LogP contribution in [-0.4, -0.2) is 25.5 Å². The van der Waals surface area contributed by atoms with E-state index in [-0.39, 0.29) is 5.78 Å². The number of nitrogens with zero attached hydrogens (tertiary/aromatic N) is 1. The van der Waals surface area contributed by atoms with Crippen molar-refractivity contribution in [2.75, 3.05) is 24.6 Å². The molecule has 0 N–H and O–H groups in total. The second kappa shape index (κ2) is 5.25. The van der Waals surface area contributed by atoms with Crippen molar-refractivity contribution in [3.63, 3.8) is 0 Å². The van der Waals surface area contributed by atoms with Gasteiger partial charge in [-0.1, -0.05) is 0 Å². The molecule has 2 rings (SSSR count). The molecule has 0 saturated heterocycles. The molecule has 3 heteroatoms. The van der Waals surface area contributed by atoms with Gasteiger partial charge in [0, 0.05) is 29.9 Å². The summed E-state index contributed by atoms with van der Waals surface area (Å²) in [5.74, 6) is 0.935. The molecule has 18 heavy (non-hydrogen) atoms. The quantitative estimate of drug-likeness (QED) is 0.817. The molecule has 1 heterocycles. The molecule has 1 aliphatic rings. The Morgan fingerprint density at radius 3 is 2.67 bits per heavy atom. The SMILES string of the molecule is CCN(CC)c1ccc2c(c1)C=C(C(C)=O)CO2. The monoisotopic (exact) mass is 245 g/mol. The molecule has 0 radical (unpaired) electrons. The van der Waals surface area contributed by atoms with Crippen molar-refractivity contribution in [1.82, 2.24) is 0 Å². The first-order valence-electron chi connectivity index (χ1n) is 6.39. The number of carbonyl (C=O) groups excluding carboxylic acids is 1. The van der Waals surface area contributed by atoms with Crippen LogP contribution in [0.2, 0.25) is 0 Å². The average Bonchev–Trinajstić information content (AvgIpc) is 2.39. The van der Waals surface area contributed by atoms with Gasteiger partial charge in [0.1, 0.15) is 12.4 Å². The van der Waals surface area contributed by atoms with E-state index in [0.29, 0.717) is 6.61 Å². The maximum absolute atomic E-state index is 11.4. The highest BCUT2D eigenvalue weighted by molar-refractivity contribution is 5.99. The third-order valence-corrected chi connectivity index (χ3v) is 3.29. The van der Waals surface area contributed by atoms with Crippen molar-refractivity contribution >= 4 is 17.5 Å². The summed E-state index contributed by atoms with van der Waals surface area (Å²) in [6.07, 6.45) is 1.94. The summed E-state index contributed by atoms with van der Waals surface area (Å²) in [4.78, 5) is 13.7. The Hall–Kier alpha value is -1.77. The lowest BCUT2D eigenvalue weighted by Gasteiger charge is -2.23. The molecule has 0 atom stereocenters. The summed E-state index contributed by atoms with van der Waals surface area (Å²) >= 11 is 0. The van der Waals surface area contributed by atoms with E-state index in [1.54, 1.807) is 6.92 Å². The Bertz CT molecular complexity index is 487. The van der Waals surface area contributed by atoms with Crippen LogP contribution in [0.25, 0.3) is 6.08 Å². The van der Waals surface area contributed by atoms with Gasteiger partial charge < -0.3 is 9.64 Å². The van der Waals surface area contributed by atoms with E-state index in [2.05, 4.69) is 30.9 Å². The van der Waals surface area contributed by atoms with E-state index in [4.69, 9.17) is 4.74 Å². The highest BCUT2D eigenvalue weighted by Crippen LogP contribution is 2.30. The maximum Gasteiger partial charge on any atom is 0.159 e. The zero-order valence-corrected chi connectivity index (χ0v) is 11.2. The number of carbonyl (C=O) groups is 1. The summed E-state index contributed by atoms with van der Waals surface area (Å²) in [6.45, 7) is 8.17. The molecule has 1 aromatic carbocycles. The molecular formula is C15H19NO2. The predicted octanol–water partition coefficient (Wildman–Crippen LogP) is 2.90. The fraction of sp³-hybridized carbons (Fsp3) is 0.400. The van der Waals surface area contributed by atoms with Gasteiger partial charge in [-0.3, -0.25) is 4.79 Å². The minimum Gasteiger partial charge on any atom is -0.488 e. The number of anilines is 1. The molecule has 0 fully saturated rings. The smallest absolute Gasteiger partial charge is 0.159 e. The Morgan fingerprint density at radius 1 is 1.33 bits per heavy atom. The Balaban J connectivity index is 2.37. The van der Waals surface area contributed by atoms with Gasteiger partial charge in [-0.05, 0) is 45.0 Å². The van der Waals surface area contributed by atoms with Gasteiger partial charge >= 0.3 is 0 Å². The Kier molecular flexibility index (Phi) is 3.70. The number of fused-ring (bicyclic) bond motifs is 1. The molecule has 0 saturated carbocycles. The van der Waals surface area contributed by atoms with Gasteiger partial charge in [0.2, 0.25) is 0 Å². The second-order valence-corrected chi connectivity index (χ2v) is 4.41. The molecular weight excluding hydrogens is 226 g/mol. The topological polar surface area (TPSA) is 29.5 Å². The van der Waals surface area contributed by atoms with E-state index >= 15 is 0 Å².